The fraction of sp³-hybridized carbons (Fsp3) is 0.615. The normalized spacial score (nSPS) is 17.5. The fourth-order valence-electron chi connectivity index (χ4n) is 2.08. The van der Waals surface area contributed by atoms with Gasteiger partial charge in [0, 0.05) is 12.2 Å². The maximum absolute atomic E-state index is 4.44. The van der Waals surface area contributed by atoms with Crippen molar-refractivity contribution in [1.82, 2.24) is 4.98 Å². The maximum Gasteiger partial charge on any atom is 0.129 e. The highest BCUT2D eigenvalue weighted by atomic mass is 15.0. The Morgan fingerprint density at radius 1 is 1.47 bits per heavy atom. The van der Waals surface area contributed by atoms with Crippen molar-refractivity contribution >= 4 is 5.82 Å². The largest absolute Gasteiger partial charge is 0.367 e. The number of hydrogen-bond donors (Lipinski definition) is 1. The quantitative estimate of drug-likeness (QED) is 0.796. The highest BCUT2D eigenvalue weighted by Crippen LogP contribution is 2.35. The molecule has 0 aliphatic heterocycles. The van der Waals surface area contributed by atoms with Gasteiger partial charge in [0.2, 0.25) is 0 Å². The molecule has 1 atom stereocenters. The number of aromatic nitrogens is 1. The van der Waals surface area contributed by atoms with Crippen molar-refractivity contribution in [3.05, 3.63) is 23.9 Å². The molecule has 1 N–H and O–H groups in total. The topological polar surface area (TPSA) is 24.9 Å². The van der Waals surface area contributed by atoms with E-state index in [-0.39, 0.29) is 0 Å². The summed E-state index contributed by atoms with van der Waals surface area (Å²) in [5.41, 5.74) is 1.33. The van der Waals surface area contributed by atoms with Crippen molar-refractivity contribution in [3.8, 4) is 0 Å². The first-order chi connectivity index (χ1) is 7.35. The number of rotatable bonds is 5. The molecule has 0 spiro atoms. The zero-order valence-electron chi connectivity index (χ0n) is 9.66. The first kappa shape index (κ1) is 10.5. The summed E-state index contributed by atoms with van der Waals surface area (Å²) in [6.45, 7) is 4.44. The van der Waals surface area contributed by atoms with E-state index in [2.05, 4.69) is 30.2 Å². The van der Waals surface area contributed by atoms with Gasteiger partial charge in [-0.3, -0.25) is 0 Å². The van der Waals surface area contributed by atoms with Crippen LogP contribution in [0.25, 0.3) is 0 Å². The van der Waals surface area contributed by atoms with Gasteiger partial charge >= 0.3 is 0 Å². The van der Waals surface area contributed by atoms with Crippen molar-refractivity contribution in [3.63, 3.8) is 0 Å². The van der Waals surface area contributed by atoms with E-state index >= 15 is 0 Å². The van der Waals surface area contributed by atoms with Gasteiger partial charge in [0.05, 0.1) is 0 Å². The molecular formula is C13H20N2. The van der Waals surface area contributed by atoms with Crippen LogP contribution < -0.4 is 5.32 Å². The first-order valence-corrected chi connectivity index (χ1v) is 6.05. The van der Waals surface area contributed by atoms with E-state index in [4.69, 9.17) is 0 Å². The molecule has 1 fully saturated rings. The average molecular weight is 204 g/mol. The van der Waals surface area contributed by atoms with Gasteiger partial charge in [-0.25, -0.2) is 4.98 Å². The van der Waals surface area contributed by atoms with Crippen molar-refractivity contribution in [2.75, 3.05) is 5.32 Å². The lowest BCUT2D eigenvalue weighted by molar-refractivity contribution is 0.613. The second-order valence-corrected chi connectivity index (χ2v) is 4.36. The van der Waals surface area contributed by atoms with Crippen LogP contribution in [-0.4, -0.2) is 11.0 Å². The standard InChI is InChI=1S/C13H20N2/c1-3-10-6-5-9-14-13(10)15-12(4-2)11-7-8-11/h5-6,9,11-12H,3-4,7-8H2,1-2H3,(H,14,15). The van der Waals surface area contributed by atoms with Gasteiger partial charge in [0.15, 0.2) is 0 Å². The summed E-state index contributed by atoms with van der Waals surface area (Å²) in [7, 11) is 0. The van der Waals surface area contributed by atoms with E-state index in [0.717, 1.165) is 18.2 Å². The number of pyridine rings is 1. The Hall–Kier alpha value is -1.05. The van der Waals surface area contributed by atoms with Crippen LogP contribution in [0.1, 0.15) is 38.7 Å². The summed E-state index contributed by atoms with van der Waals surface area (Å²) in [6, 6.07) is 4.81. The summed E-state index contributed by atoms with van der Waals surface area (Å²) in [5.74, 6) is 1.99. The van der Waals surface area contributed by atoms with Gasteiger partial charge in [-0.15, -0.1) is 0 Å². The molecule has 82 valence electrons. The van der Waals surface area contributed by atoms with E-state index in [1.165, 1.54) is 24.8 Å². The molecule has 2 rings (SSSR count). The lowest BCUT2D eigenvalue weighted by atomic mass is 10.1. The van der Waals surface area contributed by atoms with Crippen LogP contribution in [0.5, 0.6) is 0 Å². The predicted octanol–water partition coefficient (Wildman–Crippen LogP) is 3.24. The predicted molar refractivity (Wildman–Crippen MR) is 64.0 cm³/mol. The molecule has 0 amide bonds. The third-order valence-corrected chi connectivity index (χ3v) is 3.23. The van der Waals surface area contributed by atoms with Gasteiger partial charge in [-0.2, -0.15) is 0 Å². The first-order valence-electron chi connectivity index (χ1n) is 6.05. The fourth-order valence-corrected chi connectivity index (χ4v) is 2.08. The van der Waals surface area contributed by atoms with Crippen molar-refractivity contribution in [1.29, 1.82) is 0 Å². The minimum absolute atomic E-state index is 0.630. The molecule has 15 heavy (non-hydrogen) atoms. The highest BCUT2D eigenvalue weighted by molar-refractivity contribution is 5.44. The molecule has 1 aromatic heterocycles. The lowest BCUT2D eigenvalue weighted by Crippen LogP contribution is -2.22. The van der Waals surface area contributed by atoms with Gasteiger partial charge in [0.1, 0.15) is 5.82 Å². The maximum atomic E-state index is 4.44. The van der Waals surface area contributed by atoms with Gasteiger partial charge in [-0.1, -0.05) is 19.9 Å². The number of nitrogens with one attached hydrogen (secondary N) is 1. The van der Waals surface area contributed by atoms with Crippen LogP contribution in [0, 0.1) is 5.92 Å². The van der Waals surface area contributed by atoms with Crippen LogP contribution in [0.2, 0.25) is 0 Å². The molecule has 1 aromatic rings. The van der Waals surface area contributed by atoms with E-state index in [0.29, 0.717) is 6.04 Å². The summed E-state index contributed by atoms with van der Waals surface area (Å²) in [4.78, 5) is 4.44. The summed E-state index contributed by atoms with van der Waals surface area (Å²) >= 11 is 0. The summed E-state index contributed by atoms with van der Waals surface area (Å²) in [5, 5.41) is 3.60. The molecule has 1 heterocycles. The minimum atomic E-state index is 0.630. The van der Waals surface area contributed by atoms with Crippen LogP contribution in [0.3, 0.4) is 0 Å². The van der Waals surface area contributed by atoms with Crippen LogP contribution in [0.4, 0.5) is 5.82 Å². The Morgan fingerprint density at radius 2 is 2.27 bits per heavy atom. The summed E-state index contributed by atoms with van der Waals surface area (Å²) < 4.78 is 0. The van der Waals surface area contributed by atoms with Gasteiger partial charge in [-0.05, 0) is 43.2 Å². The van der Waals surface area contributed by atoms with Crippen LogP contribution in [0.15, 0.2) is 18.3 Å². The van der Waals surface area contributed by atoms with E-state index < -0.39 is 0 Å². The minimum Gasteiger partial charge on any atom is -0.367 e. The molecule has 1 aliphatic rings. The number of aryl methyl sites for hydroxylation is 1. The molecule has 2 nitrogen and oxygen atoms in total. The molecule has 0 saturated heterocycles. The molecular weight excluding hydrogens is 184 g/mol. The Labute approximate surface area is 92.1 Å². The number of nitrogens with zero attached hydrogens (tertiary/aromatic N) is 1. The zero-order chi connectivity index (χ0) is 10.7. The second kappa shape index (κ2) is 4.65. The highest BCUT2D eigenvalue weighted by Gasteiger charge is 2.30. The summed E-state index contributed by atoms with van der Waals surface area (Å²) in [6.07, 6.45) is 6.91. The Bertz CT molecular complexity index is 318. The SMILES string of the molecule is CCc1cccnc1NC(CC)C1CC1. The van der Waals surface area contributed by atoms with Crippen LogP contribution >= 0.6 is 0 Å². The third kappa shape index (κ3) is 2.49. The molecule has 1 aliphatic carbocycles. The Morgan fingerprint density at radius 3 is 2.87 bits per heavy atom. The molecule has 1 saturated carbocycles. The molecule has 0 aromatic carbocycles. The molecule has 1 unspecified atom stereocenters. The Balaban J connectivity index is 2.07. The molecule has 2 heteroatoms. The van der Waals surface area contributed by atoms with Crippen molar-refractivity contribution in [2.45, 2.75) is 45.6 Å². The van der Waals surface area contributed by atoms with Gasteiger partial charge in [0.25, 0.3) is 0 Å². The van der Waals surface area contributed by atoms with Crippen molar-refractivity contribution < 1.29 is 0 Å². The zero-order valence-corrected chi connectivity index (χ0v) is 9.66. The van der Waals surface area contributed by atoms with Gasteiger partial charge < -0.3 is 5.32 Å². The van der Waals surface area contributed by atoms with E-state index in [1.54, 1.807) is 0 Å². The third-order valence-electron chi connectivity index (χ3n) is 3.23. The molecule has 0 radical (unpaired) electrons. The van der Waals surface area contributed by atoms with E-state index in [1.807, 2.05) is 12.3 Å². The number of anilines is 1. The van der Waals surface area contributed by atoms with E-state index in [9.17, 15) is 0 Å². The van der Waals surface area contributed by atoms with Crippen LogP contribution in [-0.2, 0) is 6.42 Å². The smallest absolute Gasteiger partial charge is 0.129 e. The lowest BCUT2D eigenvalue weighted by Gasteiger charge is -2.18. The average Bonchev–Trinajstić information content (AvgIpc) is 3.10. The monoisotopic (exact) mass is 204 g/mol. The van der Waals surface area contributed by atoms with Crippen molar-refractivity contribution in [2.24, 2.45) is 5.92 Å². The molecule has 0 bridgehead atoms. The number of hydrogen-bond acceptors (Lipinski definition) is 2. The Kier molecular flexibility index (Phi) is 3.24. The second-order valence-electron chi connectivity index (χ2n) is 4.36.